The summed E-state index contributed by atoms with van der Waals surface area (Å²) in [4.78, 5) is 0. The quantitative estimate of drug-likeness (QED) is 0.813. The van der Waals surface area contributed by atoms with E-state index in [4.69, 9.17) is 4.74 Å². The molecule has 0 heterocycles. The predicted octanol–water partition coefficient (Wildman–Crippen LogP) is 3.21. The zero-order valence-corrected chi connectivity index (χ0v) is 12.6. The first-order chi connectivity index (χ1) is 7.65. The van der Waals surface area contributed by atoms with Gasteiger partial charge in [-0.25, -0.2) is 0 Å². The SMILES string of the molecule is CCOC1CC(NC2C(C)(C)C2(C)C)C1(C)C. The van der Waals surface area contributed by atoms with Gasteiger partial charge < -0.3 is 10.1 Å². The topological polar surface area (TPSA) is 21.3 Å². The van der Waals surface area contributed by atoms with Crippen LogP contribution in [0.4, 0.5) is 0 Å². The molecule has 17 heavy (non-hydrogen) atoms. The van der Waals surface area contributed by atoms with Crippen molar-refractivity contribution in [1.29, 1.82) is 0 Å². The van der Waals surface area contributed by atoms with E-state index >= 15 is 0 Å². The highest BCUT2D eigenvalue weighted by molar-refractivity contribution is 5.20. The van der Waals surface area contributed by atoms with Crippen molar-refractivity contribution in [2.24, 2.45) is 16.2 Å². The van der Waals surface area contributed by atoms with Crippen LogP contribution in [0.2, 0.25) is 0 Å². The van der Waals surface area contributed by atoms with Crippen molar-refractivity contribution >= 4 is 0 Å². The van der Waals surface area contributed by atoms with Crippen molar-refractivity contribution in [3.05, 3.63) is 0 Å². The van der Waals surface area contributed by atoms with Crippen LogP contribution in [0.15, 0.2) is 0 Å². The summed E-state index contributed by atoms with van der Waals surface area (Å²) in [6.07, 6.45) is 1.61. The van der Waals surface area contributed by atoms with E-state index < -0.39 is 0 Å². The summed E-state index contributed by atoms with van der Waals surface area (Å²) >= 11 is 0. The summed E-state index contributed by atoms with van der Waals surface area (Å²) in [5, 5.41) is 3.87. The summed E-state index contributed by atoms with van der Waals surface area (Å²) in [5.74, 6) is 0. The minimum absolute atomic E-state index is 0.282. The second kappa shape index (κ2) is 3.71. The molecule has 0 bridgehead atoms. The Labute approximate surface area is 107 Å². The van der Waals surface area contributed by atoms with E-state index in [0.29, 0.717) is 29.0 Å². The molecule has 0 aliphatic heterocycles. The molecule has 2 saturated carbocycles. The summed E-state index contributed by atoms with van der Waals surface area (Å²) in [6, 6.07) is 1.27. The summed E-state index contributed by atoms with van der Waals surface area (Å²) < 4.78 is 5.79. The van der Waals surface area contributed by atoms with Crippen molar-refractivity contribution in [2.75, 3.05) is 6.61 Å². The Morgan fingerprint density at radius 3 is 1.94 bits per heavy atom. The largest absolute Gasteiger partial charge is 0.378 e. The summed E-state index contributed by atoms with van der Waals surface area (Å²) in [5.41, 5.74) is 1.14. The summed E-state index contributed by atoms with van der Waals surface area (Å²) in [6.45, 7) is 17.1. The lowest BCUT2D eigenvalue weighted by Crippen LogP contribution is -2.62. The van der Waals surface area contributed by atoms with E-state index in [1.165, 1.54) is 6.42 Å². The molecule has 2 aliphatic carbocycles. The minimum atomic E-state index is 0.282. The van der Waals surface area contributed by atoms with E-state index in [2.05, 4.69) is 53.8 Å². The van der Waals surface area contributed by atoms with Crippen molar-refractivity contribution in [3.8, 4) is 0 Å². The zero-order valence-electron chi connectivity index (χ0n) is 12.6. The summed E-state index contributed by atoms with van der Waals surface area (Å²) in [7, 11) is 0. The van der Waals surface area contributed by atoms with Crippen LogP contribution >= 0.6 is 0 Å². The molecule has 0 aromatic heterocycles. The number of hydrogen-bond donors (Lipinski definition) is 1. The van der Waals surface area contributed by atoms with Gasteiger partial charge >= 0.3 is 0 Å². The Balaban J connectivity index is 1.92. The van der Waals surface area contributed by atoms with Gasteiger partial charge in [0.1, 0.15) is 0 Å². The van der Waals surface area contributed by atoms with Gasteiger partial charge in [-0.1, -0.05) is 41.5 Å². The van der Waals surface area contributed by atoms with Gasteiger partial charge in [0.05, 0.1) is 6.10 Å². The molecule has 0 aromatic carbocycles. The first-order valence-corrected chi connectivity index (χ1v) is 7.03. The molecule has 1 N–H and O–H groups in total. The average Bonchev–Trinajstić information content (AvgIpc) is 2.58. The van der Waals surface area contributed by atoms with Crippen molar-refractivity contribution < 1.29 is 4.74 Å². The normalized spacial score (nSPS) is 37.6. The molecule has 100 valence electrons. The van der Waals surface area contributed by atoms with Gasteiger partial charge in [0.25, 0.3) is 0 Å². The smallest absolute Gasteiger partial charge is 0.0655 e. The van der Waals surface area contributed by atoms with Gasteiger partial charge in [-0.2, -0.15) is 0 Å². The van der Waals surface area contributed by atoms with Gasteiger partial charge in [0.2, 0.25) is 0 Å². The first-order valence-electron chi connectivity index (χ1n) is 7.03. The molecule has 0 saturated heterocycles. The fourth-order valence-electron chi connectivity index (χ4n) is 3.47. The van der Waals surface area contributed by atoms with E-state index in [9.17, 15) is 0 Å². The third kappa shape index (κ3) is 1.76. The van der Waals surface area contributed by atoms with Crippen LogP contribution in [0.5, 0.6) is 0 Å². The minimum Gasteiger partial charge on any atom is -0.378 e. The molecule has 2 fully saturated rings. The van der Waals surface area contributed by atoms with Gasteiger partial charge in [-0.3, -0.25) is 0 Å². The van der Waals surface area contributed by atoms with Crippen LogP contribution in [-0.4, -0.2) is 24.8 Å². The Morgan fingerprint density at radius 1 is 1.06 bits per heavy atom. The molecule has 0 radical (unpaired) electrons. The van der Waals surface area contributed by atoms with Crippen molar-refractivity contribution in [1.82, 2.24) is 5.32 Å². The highest BCUT2D eigenvalue weighted by Crippen LogP contribution is 2.63. The second-order valence-electron chi connectivity index (χ2n) is 7.60. The molecular formula is C15H29NO. The fourth-order valence-corrected chi connectivity index (χ4v) is 3.47. The van der Waals surface area contributed by atoms with Gasteiger partial charge in [-0.05, 0) is 24.2 Å². The maximum Gasteiger partial charge on any atom is 0.0655 e. The Bertz CT molecular complexity index is 292. The predicted molar refractivity (Wildman–Crippen MR) is 72.1 cm³/mol. The fraction of sp³-hybridized carbons (Fsp3) is 1.00. The van der Waals surface area contributed by atoms with E-state index in [0.717, 1.165) is 6.61 Å². The maximum atomic E-state index is 5.79. The van der Waals surface area contributed by atoms with Crippen LogP contribution in [0.1, 0.15) is 54.9 Å². The Morgan fingerprint density at radius 2 is 1.59 bits per heavy atom. The van der Waals surface area contributed by atoms with Crippen molar-refractivity contribution in [2.45, 2.75) is 73.1 Å². The number of nitrogens with one attached hydrogen (secondary N) is 1. The van der Waals surface area contributed by atoms with Crippen LogP contribution in [0.25, 0.3) is 0 Å². The Kier molecular flexibility index (Phi) is 2.91. The average molecular weight is 239 g/mol. The third-order valence-electron chi connectivity index (χ3n) is 5.93. The van der Waals surface area contributed by atoms with Gasteiger partial charge in [0.15, 0.2) is 0 Å². The van der Waals surface area contributed by atoms with Crippen LogP contribution < -0.4 is 5.32 Å². The molecule has 2 unspecified atom stereocenters. The Hall–Kier alpha value is -0.0800. The van der Waals surface area contributed by atoms with Gasteiger partial charge in [-0.15, -0.1) is 0 Å². The number of rotatable bonds is 4. The second-order valence-corrected chi connectivity index (χ2v) is 7.60. The molecule has 2 nitrogen and oxygen atoms in total. The standard InChI is InChI=1S/C15H29NO/c1-8-17-11-9-10(13(11,2)3)16-12-14(4,5)15(12,6)7/h10-12,16H,8-9H2,1-7H3. The van der Waals surface area contributed by atoms with Crippen molar-refractivity contribution in [3.63, 3.8) is 0 Å². The van der Waals surface area contributed by atoms with Crippen LogP contribution in [-0.2, 0) is 4.74 Å². The molecule has 0 amide bonds. The molecular weight excluding hydrogens is 210 g/mol. The molecule has 2 aliphatic rings. The highest BCUT2D eigenvalue weighted by Gasteiger charge is 2.66. The van der Waals surface area contributed by atoms with E-state index in [1.54, 1.807) is 0 Å². The monoisotopic (exact) mass is 239 g/mol. The zero-order chi connectivity index (χ0) is 13.1. The van der Waals surface area contributed by atoms with Crippen LogP contribution in [0, 0.1) is 16.2 Å². The van der Waals surface area contributed by atoms with Crippen LogP contribution in [0.3, 0.4) is 0 Å². The number of ether oxygens (including phenoxy) is 1. The lowest BCUT2D eigenvalue weighted by atomic mass is 9.64. The van der Waals surface area contributed by atoms with E-state index in [-0.39, 0.29) is 5.41 Å². The highest BCUT2D eigenvalue weighted by atomic mass is 16.5. The molecule has 0 spiro atoms. The lowest BCUT2D eigenvalue weighted by Gasteiger charge is -2.52. The molecule has 2 atom stereocenters. The molecule has 2 rings (SSSR count). The van der Waals surface area contributed by atoms with Gasteiger partial charge in [0, 0.05) is 24.1 Å². The first kappa shape index (κ1) is 13.4. The molecule has 0 aromatic rings. The third-order valence-corrected chi connectivity index (χ3v) is 5.93. The maximum absolute atomic E-state index is 5.79. The lowest BCUT2D eigenvalue weighted by molar-refractivity contribution is -0.115. The van der Waals surface area contributed by atoms with E-state index in [1.807, 2.05) is 0 Å². The number of hydrogen-bond acceptors (Lipinski definition) is 2. The molecule has 2 heteroatoms.